The molecule has 0 saturated carbocycles. The standard InChI is InChI=1S/C11H11Cl2NO4S/c1-17-11(16)7-5-14(2-3-18-7)10(15)6-4-8(12)19-9(6)13/h4,7H,2-3,5H2,1H3. The van der Waals surface area contributed by atoms with E-state index in [9.17, 15) is 9.59 Å². The third-order valence-electron chi connectivity index (χ3n) is 2.70. The molecule has 1 aliphatic rings. The minimum atomic E-state index is -0.754. The molecule has 1 aliphatic heterocycles. The monoisotopic (exact) mass is 323 g/mol. The minimum Gasteiger partial charge on any atom is -0.467 e. The smallest absolute Gasteiger partial charge is 0.336 e. The average Bonchev–Trinajstić information content (AvgIpc) is 2.76. The van der Waals surface area contributed by atoms with Gasteiger partial charge in [0.1, 0.15) is 4.34 Å². The van der Waals surface area contributed by atoms with Crippen LogP contribution >= 0.6 is 34.5 Å². The topological polar surface area (TPSA) is 55.8 Å². The third kappa shape index (κ3) is 3.20. The Bertz CT molecular complexity index is 505. The summed E-state index contributed by atoms with van der Waals surface area (Å²) in [7, 11) is 1.28. The second-order valence-electron chi connectivity index (χ2n) is 3.87. The molecule has 2 heterocycles. The number of rotatable bonds is 2. The van der Waals surface area contributed by atoms with Gasteiger partial charge >= 0.3 is 5.97 Å². The molecule has 1 atom stereocenters. The molecule has 5 nitrogen and oxygen atoms in total. The number of amides is 1. The van der Waals surface area contributed by atoms with Gasteiger partial charge in [-0.3, -0.25) is 4.79 Å². The zero-order valence-corrected chi connectivity index (χ0v) is 12.3. The lowest BCUT2D eigenvalue weighted by molar-refractivity contribution is -0.158. The number of ether oxygens (including phenoxy) is 2. The molecule has 0 radical (unpaired) electrons. The molecule has 0 aliphatic carbocycles. The van der Waals surface area contributed by atoms with E-state index in [-0.39, 0.29) is 19.1 Å². The lowest BCUT2D eigenvalue weighted by atomic mass is 10.2. The van der Waals surface area contributed by atoms with Crippen molar-refractivity contribution < 1.29 is 19.1 Å². The van der Waals surface area contributed by atoms with Crippen LogP contribution in [0.25, 0.3) is 0 Å². The van der Waals surface area contributed by atoms with E-state index >= 15 is 0 Å². The predicted molar refractivity (Wildman–Crippen MR) is 72.0 cm³/mol. The fourth-order valence-electron chi connectivity index (χ4n) is 1.76. The molecule has 104 valence electrons. The summed E-state index contributed by atoms with van der Waals surface area (Å²) in [5, 5.41) is 0. The van der Waals surface area contributed by atoms with E-state index in [1.807, 2.05) is 0 Å². The SMILES string of the molecule is COC(=O)C1CN(C(=O)c2cc(Cl)sc2Cl)CCO1. The van der Waals surface area contributed by atoms with Crippen LogP contribution in [0.15, 0.2) is 6.07 Å². The van der Waals surface area contributed by atoms with Crippen LogP contribution in [0.1, 0.15) is 10.4 Å². The average molecular weight is 324 g/mol. The molecule has 0 N–H and O–H groups in total. The number of thiophene rings is 1. The van der Waals surface area contributed by atoms with Gasteiger partial charge in [-0.2, -0.15) is 0 Å². The summed E-state index contributed by atoms with van der Waals surface area (Å²) in [6, 6.07) is 1.53. The summed E-state index contributed by atoms with van der Waals surface area (Å²) in [5.74, 6) is -0.752. The number of morpholine rings is 1. The summed E-state index contributed by atoms with van der Waals surface area (Å²) in [5.41, 5.74) is 0.349. The third-order valence-corrected chi connectivity index (χ3v) is 4.19. The summed E-state index contributed by atoms with van der Waals surface area (Å²) >= 11 is 12.9. The van der Waals surface area contributed by atoms with Crippen LogP contribution in [-0.2, 0) is 14.3 Å². The Morgan fingerprint density at radius 2 is 2.26 bits per heavy atom. The van der Waals surface area contributed by atoms with Crippen LogP contribution in [0.2, 0.25) is 8.67 Å². The van der Waals surface area contributed by atoms with Crippen molar-refractivity contribution in [3.8, 4) is 0 Å². The van der Waals surface area contributed by atoms with Gasteiger partial charge in [0, 0.05) is 6.54 Å². The fraction of sp³-hybridized carbons (Fsp3) is 0.455. The highest BCUT2D eigenvalue weighted by Crippen LogP contribution is 2.32. The van der Waals surface area contributed by atoms with Gasteiger partial charge in [-0.05, 0) is 6.07 Å². The maximum atomic E-state index is 12.3. The number of hydrogen-bond donors (Lipinski definition) is 0. The maximum Gasteiger partial charge on any atom is 0.336 e. The molecule has 8 heteroatoms. The van der Waals surface area contributed by atoms with Crippen molar-refractivity contribution in [2.24, 2.45) is 0 Å². The van der Waals surface area contributed by atoms with Gasteiger partial charge in [0.2, 0.25) is 0 Å². The number of esters is 1. The van der Waals surface area contributed by atoms with Crippen LogP contribution in [0, 0.1) is 0 Å². The molecular weight excluding hydrogens is 313 g/mol. The Kier molecular flexibility index (Phi) is 4.67. The molecule has 0 aromatic carbocycles. The summed E-state index contributed by atoms with van der Waals surface area (Å²) in [4.78, 5) is 25.2. The van der Waals surface area contributed by atoms with Gasteiger partial charge < -0.3 is 14.4 Å². The molecule has 1 amide bonds. The van der Waals surface area contributed by atoms with Crippen molar-refractivity contribution in [3.63, 3.8) is 0 Å². The van der Waals surface area contributed by atoms with E-state index in [1.54, 1.807) is 0 Å². The molecule has 19 heavy (non-hydrogen) atoms. The fourth-order valence-corrected chi connectivity index (χ4v) is 3.21. The van der Waals surface area contributed by atoms with Gasteiger partial charge in [0.05, 0.1) is 30.2 Å². The molecule has 1 saturated heterocycles. The quantitative estimate of drug-likeness (QED) is 0.782. The van der Waals surface area contributed by atoms with E-state index < -0.39 is 12.1 Å². The Labute approximate surface area is 124 Å². The Hall–Kier alpha value is -0.820. The van der Waals surface area contributed by atoms with Crippen LogP contribution in [-0.4, -0.2) is 49.7 Å². The van der Waals surface area contributed by atoms with Gasteiger partial charge in [0.25, 0.3) is 5.91 Å². The van der Waals surface area contributed by atoms with Crippen molar-refractivity contribution in [1.29, 1.82) is 0 Å². The lowest BCUT2D eigenvalue weighted by Gasteiger charge is -2.31. The summed E-state index contributed by atoms with van der Waals surface area (Å²) < 4.78 is 10.7. The molecular formula is C11H11Cl2NO4S. The van der Waals surface area contributed by atoms with E-state index in [0.717, 1.165) is 11.3 Å². The molecule has 0 bridgehead atoms. The van der Waals surface area contributed by atoms with Crippen molar-refractivity contribution in [3.05, 3.63) is 20.3 Å². The Morgan fingerprint density at radius 3 is 2.84 bits per heavy atom. The number of carbonyl (C=O) groups is 2. The lowest BCUT2D eigenvalue weighted by Crippen LogP contribution is -2.48. The van der Waals surface area contributed by atoms with Gasteiger partial charge in [-0.25, -0.2) is 4.79 Å². The molecule has 1 fully saturated rings. The van der Waals surface area contributed by atoms with Crippen LogP contribution in [0.4, 0.5) is 0 Å². The van der Waals surface area contributed by atoms with Crippen LogP contribution in [0.3, 0.4) is 0 Å². The Morgan fingerprint density at radius 1 is 1.53 bits per heavy atom. The number of methoxy groups -OCH3 is 1. The first-order valence-corrected chi connectivity index (χ1v) is 7.03. The van der Waals surface area contributed by atoms with Gasteiger partial charge in [0.15, 0.2) is 6.10 Å². The summed E-state index contributed by atoms with van der Waals surface area (Å²) in [6.07, 6.45) is -0.754. The van der Waals surface area contributed by atoms with Crippen molar-refractivity contribution in [2.75, 3.05) is 26.8 Å². The van der Waals surface area contributed by atoms with Crippen LogP contribution in [0.5, 0.6) is 0 Å². The second kappa shape index (κ2) is 6.09. The highest BCUT2D eigenvalue weighted by atomic mass is 35.5. The van der Waals surface area contributed by atoms with Crippen molar-refractivity contribution in [2.45, 2.75) is 6.10 Å². The molecule has 1 aromatic rings. The largest absolute Gasteiger partial charge is 0.467 e. The van der Waals surface area contributed by atoms with Crippen molar-refractivity contribution >= 4 is 46.4 Å². The highest BCUT2D eigenvalue weighted by molar-refractivity contribution is 7.20. The first-order chi connectivity index (χ1) is 9.02. The molecule has 1 unspecified atom stereocenters. The van der Waals surface area contributed by atoms with Gasteiger partial charge in [-0.1, -0.05) is 23.2 Å². The highest BCUT2D eigenvalue weighted by Gasteiger charge is 2.31. The van der Waals surface area contributed by atoms with E-state index in [0.29, 0.717) is 20.8 Å². The van der Waals surface area contributed by atoms with Crippen molar-refractivity contribution in [1.82, 2.24) is 4.90 Å². The number of nitrogens with zero attached hydrogens (tertiary/aromatic N) is 1. The minimum absolute atomic E-state index is 0.148. The molecule has 2 rings (SSSR count). The van der Waals surface area contributed by atoms with E-state index in [4.69, 9.17) is 27.9 Å². The number of halogens is 2. The predicted octanol–water partition coefficient (Wildman–Crippen LogP) is 2.07. The first kappa shape index (κ1) is 14.6. The van der Waals surface area contributed by atoms with Crippen LogP contribution < -0.4 is 0 Å². The number of hydrogen-bond acceptors (Lipinski definition) is 5. The molecule has 0 spiro atoms. The first-order valence-electron chi connectivity index (χ1n) is 5.46. The van der Waals surface area contributed by atoms with E-state index in [2.05, 4.69) is 4.74 Å². The zero-order valence-electron chi connectivity index (χ0n) is 10.0. The second-order valence-corrected chi connectivity index (χ2v) is 6.16. The Balaban J connectivity index is 2.11. The zero-order chi connectivity index (χ0) is 14.0. The number of carbonyl (C=O) groups excluding carboxylic acids is 2. The normalized spacial score (nSPS) is 19.3. The summed E-state index contributed by atoms with van der Waals surface area (Å²) in [6.45, 7) is 0.826. The van der Waals surface area contributed by atoms with Gasteiger partial charge in [-0.15, -0.1) is 11.3 Å². The molecule has 1 aromatic heterocycles. The van der Waals surface area contributed by atoms with E-state index in [1.165, 1.54) is 18.1 Å². The maximum absolute atomic E-state index is 12.3.